The van der Waals surface area contributed by atoms with Crippen LogP contribution in [0.3, 0.4) is 0 Å². The first-order valence-corrected chi connectivity index (χ1v) is 8.45. The number of primary amides is 1. The number of carbonyl (C=O) groups is 1. The normalized spacial score (nSPS) is 20.2. The molecule has 0 radical (unpaired) electrons. The summed E-state index contributed by atoms with van der Waals surface area (Å²) in [6.07, 6.45) is 1.86. The molecule has 6 heteroatoms. The van der Waals surface area contributed by atoms with E-state index in [1.54, 1.807) is 0 Å². The fraction of sp³-hybridized carbons (Fsp3) is 0.250. The topological polar surface area (TPSA) is 92.9 Å². The van der Waals surface area contributed by atoms with Crippen molar-refractivity contribution in [2.75, 3.05) is 5.73 Å². The molecule has 1 heterocycles. The fourth-order valence-electron chi connectivity index (χ4n) is 3.10. The molecule has 0 saturated carbocycles. The largest absolute Gasteiger partial charge is 0.390 e. The highest BCUT2D eigenvalue weighted by molar-refractivity contribution is 9.10. The van der Waals surface area contributed by atoms with E-state index in [9.17, 15) is 10.1 Å². The van der Waals surface area contributed by atoms with Crippen LogP contribution in [0.25, 0.3) is 0 Å². The molecule has 0 aliphatic heterocycles. The third-order valence-corrected chi connectivity index (χ3v) is 5.77. The summed E-state index contributed by atoms with van der Waals surface area (Å²) < 4.78 is 0.953. The minimum absolute atomic E-state index is 0.445. The Morgan fingerprint density at radius 3 is 2.86 bits per heavy atom. The fourth-order valence-corrected chi connectivity index (χ4v) is 4.74. The van der Waals surface area contributed by atoms with E-state index in [4.69, 9.17) is 11.5 Å². The average Bonchev–Trinajstić information content (AvgIpc) is 2.81. The van der Waals surface area contributed by atoms with Crippen molar-refractivity contribution in [2.45, 2.75) is 24.7 Å². The lowest BCUT2D eigenvalue weighted by Gasteiger charge is -2.31. The van der Waals surface area contributed by atoms with Gasteiger partial charge in [-0.25, -0.2) is 0 Å². The monoisotopic (exact) mass is 375 g/mol. The van der Waals surface area contributed by atoms with Crippen LogP contribution in [0.15, 0.2) is 28.7 Å². The maximum absolute atomic E-state index is 11.6. The molecular weight excluding hydrogens is 362 g/mol. The van der Waals surface area contributed by atoms with E-state index in [1.807, 2.05) is 24.3 Å². The van der Waals surface area contributed by atoms with Gasteiger partial charge in [-0.2, -0.15) is 5.26 Å². The van der Waals surface area contributed by atoms with E-state index in [2.05, 4.69) is 22.0 Å². The Balaban J connectivity index is 2.08. The Morgan fingerprint density at radius 1 is 1.45 bits per heavy atom. The molecule has 0 spiro atoms. The molecule has 1 amide bonds. The van der Waals surface area contributed by atoms with E-state index in [-0.39, 0.29) is 0 Å². The Hall–Kier alpha value is -1.84. The van der Waals surface area contributed by atoms with Crippen molar-refractivity contribution in [3.8, 4) is 6.07 Å². The van der Waals surface area contributed by atoms with E-state index >= 15 is 0 Å². The van der Waals surface area contributed by atoms with Crippen LogP contribution in [-0.2, 0) is 18.3 Å². The molecule has 1 atom stereocenters. The zero-order valence-electron chi connectivity index (χ0n) is 11.7. The summed E-state index contributed by atoms with van der Waals surface area (Å²) in [6, 6.07) is 10.3. The van der Waals surface area contributed by atoms with Crippen molar-refractivity contribution < 1.29 is 4.79 Å². The molecule has 1 aromatic heterocycles. The van der Waals surface area contributed by atoms with E-state index in [0.717, 1.165) is 20.5 Å². The van der Waals surface area contributed by atoms with Gasteiger partial charge < -0.3 is 11.5 Å². The summed E-state index contributed by atoms with van der Waals surface area (Å²) in [4.78, 5) is 12.6. The highest BCUT2D eigenvalue weighted by Gasteiger charge is 2.39. The number of nitrogens with zero attached hydrogens (tertiary/aromatic N) is 1. The van der Waals surface area contributed by atoms with Crippen LogP contribution in [0, 0.1) is 11.3 Å². The molecule has 4 N–H and O–H groups in total. The number of carbonyl (C=O) groups excluding carboxylic acids is 1. The van der Waals surface area contributed by atoms with Crippen molar-refractivity contribution in [1.82, 2.24) is 0 Å². The number of hydrogen-bond acceptors (Lipinski definition) is 4. The predicted octanol–water partition coefficient (Wildman–Crippen LogP) is 3.14. The lowest BCUT2D eigenvalue weighted by atomic mass is 9.70. The maximum atomic E-state index is 11.6. The maximum Gasteiger partial charge on any atom is 0.251 e. The standard InChI is InChI=1S/C16H14BrN3OS/c17-10-3-1-2-9(6-10)16(8-18)5-4-11-12(7-16)22-15(20)13(11)14(19)21/h1-3,6H,4-5,7,20H2,(H2,19,21). The number of nitrogens with two attached hydrogens (primary N) is 2. The van der Waals surface area contributed by atoms with Crippen LogP contribution < -0.4 is 11.5 Å². The number of hydrogen-bond donors (Lipinski definition) is 2. The molecule has 0 fully saturated rings. The number of rotatable bonds is 2. The van der Waals surface area contributed by atoms with Crippen molar-refractivity contribution in [3.05, 3.63) is 50.3 Å². The molecular formula is C16H14BrN3OS. The minimum atomic E-state index is -0.580. The molecule has 22 heavy (non-hydrogen) atoms. The molecule has 0 saturated heterocycles. The second-order valence-corrected chi connectivity index (χ2v) is 7.54. The van der Waals surface area contributed by atoms with Crippen LogP contribution in [0.5, 0.6) is 0 Å². The summed E-state index contributed by atoms with van der Waals surface area (Å²) in [7, 11) is 0. The van der Waals surface area contributed by atoms with E-state index in [1.165, 1.54) is 11.3 Å². The highest BCUT2D eigenvalue weighted by Crippen LogP contribution is 2.44. The molecule has 1 aliphatic carbocycles. The van der Waals surface area contributed by atoms with Crippen LogP contribution in [0.4, 0.5) is 5.00 Å². The highest BCUT2D eigenvalue weighted by atomic mass is 79.9. The van der Waals surface area contributed by atoms with Crippen molar-refractivity contribution in [3.63, 3.8) is 0 Å². The zero-order chi connectivity index (χ0) is 15.9. The molecule has 112 valence electrons. The molecule has 1 aromatic carbocycles. The quantitative estimate of drug-likeness (QED) is 0.843. The summed E-state index contributed by atoms with van der Waals surface area (Å²) >= 11 is 4.84. The average molecular weight is 376 g/mol. The Labute approximate surface area is 140 Å². The van der Waals surface area contributed by atoms with Gasteiger partial charge >= 0.3 is 0 Å². The summed E-state index contributed by atoms with van der Waals surface area (Å²) in [5.41, 5.74) is 13.2. The summed E-state index contributed by atoms with van der Waals surface area (Å²) in [6.45, 7) is 0. The van der Waals surface area contributed by atoms with Crippen molar-refractivity contribution in [2.24, 2.45) is 5.73 Å². The van der Waals surface area contributed by atoms with Gasteiger partial charge in [-0.1, -0.05) is 28.1 Å². The van der Waals surface area contributed by atoms with Gasteiger partial charge in [0.25, 0.3) is 5.91 Å². The first-order chi connectivity index (χ1) is 10.5. The molecule has 1 aliphatic rings. The first kappa shape index (κ1) is 15.1. The molecule has 2 aromatic rings. The SMILES string of the molecule is N#CC1(c2cccc(Br)c2)CCc2c(sc(N)c2C(N)=O)C1. The summed E-state index contributed by atoms with van der Waals surface area (Å²) in [5.74, 6) is -0.484. The van der Waals surface area contributed by atoms with Gasteiger partial charge in [0.15, 0.2) is 0 Å². The van der Waals surface area contributed by atoms with Crippen LogP contribution in [0.1, 0.15) is 32.8 Å². The second-order valence-electron chi connectivity index (χ2n) is 5.49. The van der Waals surface area contributed by atoms with Crippen LogP contribution in [-0.4, -0.2) is 5.91 Å². The molecule has 1 unspecified atom stereocenters. The van der Waals surface area contributed by atoms with Gasteiger partial charge in [0.1, 0.15) is 0 Å². The number of benzene rings is 1. The lowest BCUT2D eigenvalue weighted by molar-refractivity contribution is 0.100. The van der Waals surface area contributed by atoms with E-state index < -0.39 is 11.3 Å². The second kappa shape index (κ2) is 5.41. The van der Waals surface area contributed by atoms with Gasteiger partial charge in [-0.3, -0.25) is 4.79 Å². The van der Waals surface area contributed by atoms with Gasteiger partial charge in [-0.15, -0.1) is 11.3 Å². The Morgan fingerprint density at radius 2 is 2.23 bits per heavy atom. The zero-order valence-corrected chi connectivity index (χ0v) is 14.1. The minimum Gasteiger partial charge on any atom is -0.390 e. The number of thiophene rings is 1. The van der Waals surface area contributed by atoms with Crippen LogP contribution >= 0.6 is 27.3 Å². The number of amides is 1. The molecule has 3 rings (SSSR count). The third-order valence-electron chi connectivity index (χ3n) is 4.22. The lowest BCUT2D eigenvalue weighted by Crippen LogP contribution is -2.32. The number of anilines is 1. The van der Waals surface area contributed by atoms with Gasteiger partial charge in [0.05, 0.1) is 22.0 Å². The predicted molar refractivity (Wildman–Crippen MR) is 90.7 cm³/mol. The summed E-state index contributed by atoms with van der Waals surface area (Å²) in [5, 5.41) is 10.3. The number of nitrogen functional groups attached to an aromatic ring is 1. The van der Waals surface area contributed by atoms with Crippen LogP contribution in [0.2, 0.25) is 0 Å². The third kappa shape index (κ3) is 2.31. The Bertz CT molecular complexity index is 808. The van der Waals surface area contributed by atoms with Crippen molar-refractivity contribution in [1.29, 1.82) is 5.26 Å². The van der Waals surface area contributed by atoms with E-state index in [0.29, 0.717) is 29.8 Å². The first-order valence-electron chi connectivity index (χ1n) is 6.84. The van der Waals surface area contributed by atoms with Crippen molar-refractivity contribution >= 4 is 38.2 Å². The molecule has 4 nitrogen and oxygen atoms in total. The van der Waals surface area contributed by atoms with Gasteiger partial charge in [-0.05, 0) is 36.1 Å². The number of fused-ring (bicyclic) bond motifs is 1. The van der Waals surface area contributed by atoms with Gasteiger partial charge in [0.2, 0.25) is 0 Å². The number of nitriles is 1. The molecule has 0 bridgehead atoms. The van der Waals surface area contributed by atoms with Gasteiger partial charge in [0, 0.05) is 15.8 Å². The smallest absolute Gasteiger partial charge is 0.251 e. The number of halogens is 1. The Kier molecular flexibility index (Phi) is 3.71.